The van der Waals surface area contributed by atoms with E-state index >= 15 is 0 Å². The Balaban J connectivity index is -0.000000177. The summed E-state index contributed by atoms with van der Waals surface area (Å²) in [5, 5.41) is 18.8. The molecule has 0 spiro atoms. The van der Waals surface area contributed by atoms with Gasteiger partial charge in [-0.1, -0.05) is 0 Å². The molecule has 0 heterocycles. The fourth-order valence-corrected chi connectivity index (χ4v) is 0.136. The van der Waals surface area contributed by atoms with E-state index in [1.807, 2.05) is 0 Å². The van der Waals surface area contributed by atoms with Crippen molar-refractivity contribution < 1.29 is 75.7 Å². The number of rotatable bonds is 2. The van der Waals surface area contributed by atoms with E-state index in [1.54, 1.807) is 0 Å². The maximum Gasteiger partial charge on any atom is 1.00 e. The van der Waals surface area contributed by atoms with Gasteiger partial charge in [-0.2, -0.15) is 0 Å². The third-order valence-electron chi connectivity index (χ3n) is 0.355. The summed E-state index contributed by atoms with van der Waals surface area (Å²) in [4.78, 5) is 18.8. The molecule has 6 heteroatoms. The first-order valence-electron chi connectivity index (χ1n) is 3.52. The molecular formula is C8H14KNO4. The van der Waals surface area contributed by atoms with Crippen molar-refractivity contribution in [2.75, 3.05) is 28.2 Å². The standard InChI is InChI=1S/C4H12N.C4H4O4.K/c1-5(2,3)4;5-3(6)1-2-4(7)8;/h1-4H3;1-2H,(H,5,6)(H,7,8);/q+1;;+1/p-2/b;2-1+;. The van der Waals surface area contributed by atoms with Crippen LogP contribution in [0.3, 0.4) is 0 Å². The van der Waals surface area contributed by atoms with Crippen molar-refractivity contribution in [1.82, 2.24) is 0 Å². The van der Waals surface area contributed by atoms with Gasteiger partial charge < -0.3 is 24.3 Å². The summed E-state index contributed by atoms with van der Waals surface area (Å²) in [5.41, 5.74) is 0. The Hall–Kier alpha value is 0.276. The van der Waals surface area contributed by atoms with Crippen LogP contribution in [-0.2, 0) is 9.59 Å². The Labute approximate surface area is 126 Å². The first-order chi connectivity index (χ1) is 5.63. The maximum atomic E-state index is 9.41. The first-order valence-corrected chi connectivity index (χ1v) is 3.52. The van der Waals surface area contributed by atoms with Crippen LogP contribution in [0, 0.1) is 0 Å². The van der Waals surface area contributed by atoms with E-state index < -0.39 is 11.9 Å². The fraction of sp³-hybridized carbons (Fsp3) is 0.500. The second kappa shape index (κ2) is 9.82. The number of hydrogen-bond acceptors (Lipinski definition) is 4. The van der Waals surface area contributed by atoms with E-state index in [0.717, 1.165) is 4.48 Å². The number of carbonyl (C=O) groups excluding carboxylic acids is 2. The molecule has 0 aliphatic rings. The van der Waals surface area contributed by atoms with Gasteiger partial charge in [0.15, 0.2) is 0 Å². The number of nitrogens with zero attached hydrogens (tertiary/aromatic N) is 1. The maximum absolute atomic E-state index is 9.41. The van der Waals surface area contributed by atoms with Gasteiger partial charge in [-0.15, -0.1) is 0 Å². The molecule has 0 rings (SSSR count). The minimum Gasteiger partial charge on any atom is -0.545 e. The van der Waals surface area contributed by atoms with Gasteiger partial charge in [-0.25, -0.2) is 0 Å². The minimum absolute atomic E-state index is 0. The van der Waals surface area contributed by atoms with Crippen LogP contribution < -0.4 is 61.6 Å². The Morgan fingerprint density at radius 1 is 0.929 bits per heavy atom. The quantitative estimate of drug-likeness (QED) is 0.268. The second-order valence-corrected chi connectivity index (χ2v) is 3.65. The third kappa shape index (κ3) is 56.1. The Bertz CT molecular complexity index is 186. The summed E-state index contributed by atoms with van der Waals surface area (Å²) in [6.45, 7) is 0. The van der Waals surface area contributed by atoms with Crippen LogP contribution in [0.25, 0.3) is 0 Å². The van der Waals surface area contributed by atoms with Crippen LogP contribution in [0.15, 0.2) is 12.2 Å². The molecule has 0 aliphatic carbocycles. The predicted octanol–water partition coefficient (Wildman–Crippen LogP) is -5.63. The average molecular weight is 227 g/mol. The molecule has 0 aromatic carbocycles. The van der Waals surface area contributed by atoms with Crippen LogP contribution in [0.2, 0.25) is 0 Å². The topological polar surface area (TPSA) is 80.3 Å². The van der Waals surface area contributed by atoms with Crippen molar-refractivity contribution in [2.24, 2.45) is 0 Å². The van der Waals surface area contributed by atoms with Crippen LogP contribution in [0.5, 0.6) is 0 Å². The molecule has 0 fully saturated rings. The van der Waals surface area contributed by atoms with Gasteiger partial charge in [-0.3, -0.25) is 0 Å². The molecule has 0 aromatic heterocycles. The van der Waals surface area contributed by atoms with E-state index in [4.69, 9.17) is 0 Å². The van der Waals surface area contributed by atoms with Gasteiger partial charge in [0.25, 0.3) is 0 Å². The third-order valence-corrected chi connectivity index (χ3v) is 0.355. The van der Waals surface area contributed by atoms with Crippen LogP contribution in [0.4, 0.5) is 0 Å². The normalized spacial score (nSPS) is 9.71. The molecule has 0 bridgehead atoms. The molecule has 0 saturated heterocycles. The number of carboxylic acids is 2. The molecule has 0 amide bonds. The number of carboxylic acid groups (broad SMARTS) is 2. The largest absolute Gasteiger partial charge is 1.00 e. The number of hydrogen-bond donors (Lipinski definition) is 0. The Morgan fingerprint density at radius 2 is 1.07 bits per heavy atom. The van der Waals surface area contributed by atoms with Crippen molar-refractivity contribution in [3.63, 3.8) is 0 Å². The minimum atomic E-state index is -1.55. The molecule has 0 radical (unpaired) electrons. The van der Waals surface area contributed by atoms with Crippen LogP contribution >= 0.6 is 0 Å². The van der Waals surface area contributed by atoms with E-state index in [1.165, 1.54) is 0 Å². The van der Waals surface area contributed by atoms with Crippen LogP contribution in [-0.4, -0.2) is 44.6 Å². The molecule has 5 nitrogen and oxygen atoms in total. The smallest absolute Gasteiger partial charge is 0.545 e. The van der Waals surface area contributed by atoms with Gasteiger partial charge in [-0.05, 0) is 12.2 Å². The van der Waals surface area contributed by atoms with Gasteiger partial charge in [0.2, 0.25) is 0 Å². The van der Waals surface area contributed by atoms with E-state index in [-0.39, 0.29) is 51.4 Å². The zero-order chi connectivity index (χ0) is 11.1. The molecule has 0 saturated carbocycles. The van der Waals surface area contributed by atoms with Crippen molar-refractivity contribution >= 4 is 11.9 Å². The summed E-state index contributed by atoms with van der Waals surface area (Å²) in [6, 6.07) is 0. The Kier molecular flexibility index (Phi) is 13.9. The molecule has 0 aromatic rings. The molecule has 0 atom stereocenters. The van der Waals surface area contributed by atoms with E-state index in [9.17, 15) is 19.8 Å². The molecule has 76 valence electrons. The van der Waals surface area contributed by atoms with Gasteiger partial charge in [0.1, 0.15) is 0 Å². The summed E-state index contributed by atoms with van der Waals surface area (Å²) >= 11 is 0. The second-order valence-electron chi connectivity index (χ2n) is 3.65. The van der Waals surface area contributed by atoms with E-state index in [0.29, 0.717) is 12.2 Å². The number of aliphatic carboxylic acids is 2. The van der Waals surface area contributed by atoms with Crippen LogP contribution in [0.1, 0.15) is 0 Å². The van der Waals surface area contributed by atoms with Gasteiger partial charge in [0, 0.05) is 0 Å². The van der Waals surface area contributed by atoms with Crippen molar-refractivity contribution in [3.8, 4) is 0 Å². The summed E-state index contributed by atoms with van der Waals surface area (Å²) in [6.07, 6.45) is 0.769. The van der Waals surface area contributed by atoms with Crippen molar-refractivity contribution in [1.29, 1.82) is 0 Å². The monoisotopic (exact) mass is 227 g/mol. The first kappa shape index (κ1) is 19.8. The van der Waals surface area contributed by atoms with Gasteiger partial charge >= 0.3 is 51.4 Å². The SMILES string of the molecule is C[N+](C)(C)C.O=C([O-])/C=C/C(=O)[O-].[K+]. The predicted molar refractivity (Wildman–Crippen MR) is 43.1 cm³/mol. The van der Waals surface area contributed by atoms with Crippen molar-refractivity contribution in [3.05, 3.63) is 12.2 Å². The number of quaternary nitrogens is 1. The molecule has 0 aliphatic heterocycles. The zero-order valence-electron chi connectivity index (χ0n) is 9.23. The molecule has 0 unspecified atom stereocenters. The molecule has 0 N–H and O–H groups in total. The Morgan fingerprint density at radius 3 is 1.14 bits per heavy atom. The summed E-state index contributed by atoms with van der Waals surface area (Å²) < 4.78 is 1.00. The van der Waals surface area contributed by atoms with Crippen molar-refractivity contribution in [2.45, 2.75) is 0 Å². The molecular weight excluding hydrogens is 213 g/mol. The summed E-state index contributed by atoms with van der Waals surface area (Å²) in [7, 11) is 8.50. The zero-order valence-corrected chi connectivity index (χ0v) is 12.4. The van der Waals surface area contributed by atoms with E-state index in [2.05, 4.69) is 28.2 Å². The fourth-order valence-electron chi connectivity index (χ4n) is 0.136. The average Bonchev–Trinajstić information content (AvgIpc) is 1.79. The van der Waals surface area contributed by atoms with Gasteiger partial charge in [0.05, 0.1) is 40.1 Å². The number of carbonyl (C=O) groups is 2. The molecule has 14 heavy (non-hydrogen) atoms. The summed E-state index contributed by atoms with van der Waals surface area (Å²) in [5.74, 6) is -3.09.